The molecule has 2 rings (SSSR count). The molecule has 0 atom stereocenters. The Balaban J connectivity index is 2.39. The lowest BCUT2D eigenvalue weighted by Gasteiger charge is -1.97. The second kappa shape index (κ2) is 6.34. The second-order valence-corrected chi connectivity index (χ2v) is 4.16. The topological polar surface area (TPSA) is 154 Å². The third-order valence-corrected chi connectivity index (χ3v) is 2.68. The Morgan fingerprint density at radius 3 is 2.00 bits per heavy atom. The lowest BCUT2D eigenvalue weighted by molar-refractivity contribution is -0.393. The van der Waals surface area contributed by atoms with Crippen molar-refractivity contribution in [3.8, 4) is 0 Å². The molecular weight excluding hydrogens is 310 g/mol. The first-order chi connectivity index (χ1) is 10.9. The Hall–Kier alpha value is -3.76. The fourth-order valence-electron chi connectivity index (χ4n) is 1.64. The summed E-state index contributed by atoms with van der Waals surface area (Å²) in [6.45, 7) is 0. The highest BCUT2D eigenvalue weighted by Crippen LogP contribution is 2.32. The molecule has 0 saturated heterocycles. The average Bonchev–Trinajstić information content (AvgIpc) is 2.52. The molecule has 2 aromatic rings. The van der Waals surface area contributed by atoms with Gasteiger partial charge in [-0.2, -0.15) is 5.11 Å². The summed E-state index contributed by atoms with van der Waals surface area (Å²) >= 11 is 0. The van der Waals surface area contributed by atoms with Gasteiger partial charge in [-0.25, -0.2) is 0 Å². The van der Waals surface area contributed by atoms with Gasteiger partial charge in [0, 0.05) is 18.2 Å². The molecule has 0 unspecified atom stereocenters. The maximum Gasteiger partial charge on any atom is 0.303 e. The van der Waals surface area contributed by atoms with Crippen LogP contribution in [0.1, 0.15) is 0 Å². The fraction of sp³-hybridized carbons (Fsp3) is 0. The zero-order valence-corrected chi connectivity index (χ0v) is 11.2. The number of non-ortho nitro benzene ring substituents is 2. The summed E-state index contributed by atoms with van der Waals surface area (Å²) < 4.78 is 0. The molecule has 0 amide bonds. The first-order valence-corrected chi connectivity index (χ1v) is 5.97. The summed E-state index contributed by atoms with van der Waals surface area (Å²) in [6, 6.07) is 8.10. The molecule has 23 heavy (non-hydrogen) atoms. The highest BCUT2D eigenvalue weighted by atomic mass is 16.6. The van der Waals surface area contributed by atoms with E-state index in [9.17, 15) is 30.3 Å². The minimum Gasteiger partial charge on any atom is -0.258 e. The van der Waals surface area contributed by atoms with Crippen molar-refractivity contribution < 1.29 is 14.8 Å². The number of nitro groups is 3. The molecule has 0 radical (unpaired) electrons. The molecular formula is C12H7N5O6. The molecule has 116 valence electrons. The smallest absolute Gasteiger partial charge is 0.258 e. The van der Waals surface area contributed by atoms with Crippen LogP contribution in [0.5, 0.6) is 0 Å². The Kier molecular flexibility index (Phi) is 4.31. The van der Waals surface area contributed by atoms with Crippen LogP contribution in [0, 0.1) is 30.3 Å². The van der Waals surface area contributed by atoms with E-state index in [1.165, 1.54) is 18.2 Å². The standard InChI is InChI=1S/C12H7N5O6/c18-15(19)9-3-1-2-8(6-9)13-14-11-5-4-10(16(20)21)7-12(11)17(22)23/h1-7H. The molecule has 0 bridgehead atoms. The molecule has 0 spiro atoms. The van der Waals surface area contributed by atoms with Crippen molar-refractivity contribution >= 4 is 28.4 Å². The zero-order chi connectivity index (χ0) is 17.0. The highest BCUT2D eigenvalue weighted by Gasteiger charge is 2.19. The fourth-order valence-corrected chi connectivity index (χ4v) is 1.64. The van der Waals surface area contributed by atoms with Crippen LogP contribution in [0.4, 0.5) is 28.4 Å². The van der Waals surface area contributed by atoms with E-state index in [0.29, 0.717) is 0 Å². The second-order valence-electron chi connectivity index (χ2n) is 4.16. The summed E-state index contributed by atoms with van der Waals surface area (Å²) in [5, 5.41) is 39.5. The van der Waals surface area contributed by atoms with Crippen LogP contribution < -0.4 is 0 Å². The number of hydrogen-bond donors (Lipinski definition) is 0. The van der Waals surface area contributed by atoms with Crippen LogP contribution in [-0.2, 0) is 0 Å². The number of nitro benzene ring substituents is 3. The van der Waals surface area contributed by atoms with Gasteiger partial charge in [0.2, 0.25) is 0 Å². The molecule has 0 fully saturated rings. The van der Waals surface area contributed by atoms with E-state index in [1.54, 1.807) is 0 Å². The van der Waals surface area contributed by atoms with Crippen LogP contribution in [0.25, 0.3) is 0 Å². The zero-order valence-electron chi connectivity index (χ0n) is 11.2. The molecule has 11 nitrogen and oxygen atoms in total. The first kappa shape index (κ1) is 15.6. The summed E-state index contributed by atoms with van der Waals surface area (Å²) in [6.07, 6.45) is 0. The Labute approximate surface area is 127 Å². The van der Waals surface area contributed by atoms with Crippen molar-refractivity contribution in [2.75, 3.05) is 0 Å². The molecule has 0 aliphatic carbocycles. The summed E-state index contributed by atoms with van der Waals surface area (Å²) in [4.78, 5) is 30.0. The van der Waals surface area contributed by atoms with Gasteiger partial charge in [0.05, 0.1) is 26.5 Å². The SMILES string of the molecule is O=[N+]([O-])c1cccc(N=Nc2ccc([N+](=O)[O-])cc2[N+](=O)[O-])c1. The van der Waals surface area contributed by atoms with E-state index in [0.717, 1.165) is 24.3 Å². The van der Waals surface area contributed by atoms with Crippen LogP contribution in [-0.4, -0.2) is 14.8 Å². The quantitative estimate of drug-likeness (QED) is 0.463. The lowest BCUT2D eigenvalue weighted by Crippen LogP contribution is -1.92. The Morgan fingerprint density at radius 1 is 0.739 bits per heavy atom. The van der Waals surface area contributed by atoms with Crippen LogP contribution in [0.15, 0.2) is 52.7 Å². The van der Waals surface area contributed by atoms with E-state index >= 15 is 0 Å². The summed E-state index contributed by atoms with van der Waals surface area (Å²) in [5.74, 6) is 0. The van der Waals surface area contributed by atoms with Gasteiger partial charge in [0.25, 0.3) is 11.4 Å². The monoisotopic (exact) mass is 317 g/mol. The third-order valence-electron chi connectivity index (χ3n) is 2.68. The van der Waals surface area contributed by atoms with E-state index in [4.69, 9.17) is 0 Å². The predicted octanol–water partition coefficient (Wildman–Crippen LogP) is 3.83. The number of benzene rings is 2. The Morgan fingerprint density at radius 2 is 1.39 bits per heavy atom. The van der Waals surface area contributed by atoms with Crippen molar-refractivity contribution in [3.63, 3.8) is 0 Å². The van der Waals surface area contributed by atoms with E-state index in [2.05, 4.69) is 10.2 Å². The van der Waals surface area contributed by atoms with Crippen molar-refractivity contribution in [3.05, 3.63) is 72.8 Å². The maximum absolute atomic E-state index is 10.9. The number of azo groups is 1. The normalized spacial score (nSPS) is 10.6. The molecule has 11 heteroatoms. The van der Waals surface area contributed by atoms with Gasteiger partial charge in [0.15, 0.2) is 5.69 Å². The number of hydrogen-bond acceptors (Lipinski definition) is 8. The molecule has 0 N–H and O–H groups in total. The van der Waals surface area contributed by atoms with Gasteiger partial charge in [-0.3, -0.25) is 30.3 Å². The van der Waals surface area contributed by atoms with Crippen molar-refractivity contribution in [1.29, 1.82) is 0 Å². The molecule has 0 saturated carbocycles. The molecule has 0 aromatic heterocycles. The van der Waals surface area contributed by atoms with Gasteiger partial charge in [-0.05, 0) is 12.1 Å². The van der Waals surface area contributed by atoms with Crippen LogP contribution in [0.2, 0.25) is 0 Å². The molecule has 2 aromatic carbocycles. The minimum absolute atomic E-state index is 0.117. The van der Waals surface area contributed by atoms with E-state index < -0.39 is 26.1 Å². The Bertz CT molecular complexity index is 834. The van der Waals surface area contributed by atoms with Gasteiger partial charge >= 0.3 is 5.69 Å². The lowest BCUT2D eigenvalue weighted by atomic mass is 10.2. The molecule has 0 aliphatic rings. The predicted molar refractivity (Wildman–Crippen MR) is 77.0 cm³/mol. The van der Waals surface area contributed by atoms with E-state index in [1.807, 2.05) is 0 Å². The van der Waals surface area contributed by atoms with Crippen molar-refractivity contribution in [2.45, 2.75) is 0 Å². The van der Waals surface area contributed by atoms with Crippen LogP contribution >= 0.6 is 0 Å². The minimum atomic E-state index is -0.825. The van der Waals surface area contributed by atoms with Gasteiger partial charge < -0.3 is 0 Å². The summed E-state index contributed by atoms with van der Waals surface area (Å²) in [5.41, 5.74) is -1.34. The van der Waals surface area contributed by atoms with Crippen LogP contribution in [0.3, 0.4) is 0 Å². The van der Waals surface area contributed by atoms with Gasteiger partial charge in [0.1, 0.15) is 0 Å². The summed E-state index contributed by atoms with van der Waals surface area (Å²) in [7, 11) is 0. The molecule has 0 aliphatic heterocycles. The first-order valence-electron chi connectivity index (χ1n) is 5.97. The molecule has 0 heterocycles. The maximum atomic E-state index is 10.9. The van der Waals surface area contributed by atoms with Gasteiger partial charge in [-0.1, -0.05) is 6.07 Å². The number of rotatable bonds is 5. The van der Waals surface area contributed by atoms with Gasteiger partial charge in [-0.15, -0.1) is 5.11 Å². The van der Waals surface area contributed by atoms with Crippen molar-refractivity contribution in [2.24, 2.45) is 10.2 Å². The number of nitrogens with zero attached hydrogens (tertiary/aromatic N) is 5. The highest BCUT2D eigenvalue weighted by molar-refractivity contribution is 5.61. The average molecular weight is 317 g/mol. The largest absolute Gasteiger partial charge is 0.303 e. The van der Waals surface area contributed by atoms with Crippen molar-refractivity contribution in [1.82, 2.24) is 0 Å². The van der Waals surface area contributed by atoms with E-state index in [-0.39, 0.29) is 17.1 Å². The third kappa shape index (κ3) is 3.66.